The maximum Gasteiger partial charge on any atom is 0.0400 e. The Hall–Kier alpha value is -2.63. The molecule has 2 aromatic carbocycles. The third kappa shape index (κ3) is 3.90. The minimum atomic E-state index is 0.727. The number of nitrogens with two attached hydrogens (primary N) is 1. The molecule has 1 unspecified atom stereocenters. The smallest absolute Gasteiger partial charge is 0.0400 e. The fourth-order valence-electron chi connectivity index (χ4n) is 2.90. The Morgan fingerprint density at radius 3 is 2.28 bits per heavy atom. The SMILES string of the molecule is C=C/C=C\c1c(C=C)ccc(N)c1/C(=C(/C)P)c1ccccc1C=C. The van der Waals surface area contributed by atoms with Crippen molar-refractivity contribution < 1.29 is 0 Å². The average Bonchev–Trinajstić information content (AvgIpc) is 2.62. The molecule has 0 aliphatic carbocycles. The lowest BCUT2D eigenvalue weighted by molar-refractivity contribution is 1.47. The topological polar surface area (TPSA) is 26.0 Å². The summed E-state index contributed by atoms with van der Waals surface area (Å²) < 4.78 is 0. The van der Waals surface area contributed by atoms with E-state index in [1.807, 2.05) is 48.6 Å². The zero-order chi connectivity index (χ0) is 18.4. The minimum Gasteiger partial charge on any atom is -0.398 e. The minimum absolute atomic E-state index is 0.727. The predicted octanol–water partition coefficient (Wildman–Crippen LogP) is 6.41. The molecule has 1 nitrogen and oxygen atoms in total. The van der Waals surface area contributed by atoms with E-state index in [4.69, 9.17) is 5.73 Å². The summed E-state index contributed by atoms with van der Waals surface area (Å²) in [4.78, 5) is 0. The maximum absolute atomic E-state index is 6.42. The Morgan fingerprint density at radius 2 is 1.68 bits per heavy atom. The Balaban J connectivity index is 2.91. The number of hydrogen-bond donors (Lipinski definition) is 1. The van der Waals surface area contributed by atoms with Crippen molar-refractivity contribution >= 4 is 38.7 Å². The van der Waals surface area contributed by atoms with Crippen LogP contribution in [-0.4, -0.2) is 0 Å². The summed E-state index contributed by atoms with van der Waals surface area (Å²) in [7, 11) is 2.81. The van der Waals surface area contributed by atoms with Crippen molar-refractivity contribution in [2.75, 3.05) is 5.73 Å². The van der Waals surface area contributed by atoms with E-state index in [9.17, 15) is 0 Å². The molecule has 0 aliphatic heterocycles. The van der Waals surface area contributed by atoms with Gasteiger partial charge in [0.15, 0.2) is 0 Å². The molecule has 0 saturated carbocycles. The second-order valence-corrected chi connectivity index (χ2v) is 6.55. The highest BCUT2D eigenvalue weighted by Gasteiger charge is 2.17. The van der Waals surface area contributed by atoms with Crippen LogP contribution in [-0.2, 0) is 0 Å². The fraction of sp³-hybridized carbons (Fsp3) is 0.0435. The summed E-state index contributed by atoms with van der Waals surface area (Å²) in [6.45, 7) is 13.7. The van der Waals surface area contributed by atoms with Crippen molar-refractivity contribution in [3.63, 3.8) is 0 Å². The molecule has 0 saturated heterocycles. The first kappa shape index (κ1) is 18.7. The summed E-state index contributed by atoms with van der Waals surface area (Å²) in [5.41, 5.74) is 13.5. The van der Waals surface area contributed by atoms with Crippen LogP contribution in [0.25, 0.3) is 23.8 Å². The van der Waals surface area contributed by atoms with Crippen molar-refractivity contribution in [2.45, 2.75) is 6.92 Å². The number of rotatable bonds is 6. The quantitative estimate of drug-likeness (QED) is 0.365. The van der Waals surface area contributed by atoms with Crippen LogP contribution in [0.2, 0.25) is 0 Å². The molecule has 2 aromatic rings. The molecule has 2 rings (SSSR count). The molecule has 1 atom stereocenters. The van der Waals surface area contributed by atoms with Gasteiger partial charge < -0.3 is 5.73 Å². The summed E-state index contributed by atoms with van der Waals surface area (Å²) in [6.07, 6.45) is 9.42. The van der Waals surface area contributed by atoms with Crippen molar-refractivity contribution in [1.82, 2.24) is 0 Å². The van der Waals surface area contributed by atoms with Gasteiger partial charge in [0.1, 0.15) is 0 Å². The van der Waals surface area contributed by atoms with Crippen molar-refractivity contribution in [1.29, 1.82) is 0 Å². The lowest BCUT2D eigenvalue weighted by Gasteiger charge is -2.20. The molecule has 2 N–H and O–H groups in total. The summed E-state index contributed by atoms with van der Waals surface area (Å²) >= 11 is 0. The fourth-order valence-corrected chi connectivity index (χ4v) is 3.20. The Morgan fingerprint density at radius 1 is 1.00 bits per heavy atom. The van der Waals surface area contributed by atoms with Gasteiger partial charge in [-0.05, 0) is 46.1 Å². The molecule has 0 heterocycles. The van der Waals surface area contributed by atoms with Crippen LogP contribution in [0.4, 0.5) is 5.69 Å². The number of nitrogen functional groups attached to an aromatic ring is 1. The normalized spacial score (nSPS) is 11.9. The molecule has 126 valence electrons. The second kappa shape index (κ2) is 8.46. The van der Waals surface area contributed by atoms with Crippen molar-refractivity contribution in [3.05, 3.63) is 101 Å². The predicted molar refractivity (Wildman–Crippen MR) is 118 cm³/mol. The molecular weight excluding hydrogens is 321 g/mol. The van der Waals surface area contributed by atoms with E-state index in [1.165, 1.54) is 0 Å². The molecule has 0 spiro atoms. The Kier molecular flexibility index (Phi) is 6.33. The zero-order valence-electron chi connectivity index (χ0n) is 14.6. The van der Waals surface area contributed by atoms with Gasteiger partial charge >= 0.3 is 0 Å². The van der Waals surface area contributed by atoms with Crippen molar-refractivity contribution in [3.8, 4) is 0 Å². The van der Waals surface area contributed by atoms with Gasteiger partial charge in [-0.25, -0.2) is 0 Å². The van der Waals surface area contributed by atoms with Gasteiger partial charge in [0.25, 0.3) is 0 Å². The van der Waals surface area contributed by atoms with Gasteiger partial charge in [-0.15, -0.1) is 9.24 Å². The Labute approximate surface area is 153 Å². The van der Waals surface area contributed by atoms with Gasteiger partial charge in [0.05, 0.1) is 0 Å². The second-order valence-electron chi connectivity index (χ2n) is 5.68. The van der Waals surface area contributed by atoms with E-state index in [0.29, 0.717) is 0 Å². The molecule has 0 fully saturated rings. The standard InChI is InChI=1S/C23H24NP/c1-5-8-12-20-18(7-3)14-15-21(24)23(20)22(16(4)25)19-13-10-9-11-17(19)6-2/h5-15H,1-3,24-25H2,4H3/b12-8-,22-16-. The van der Waals surface area contributed by atoms with Crippen LogP contribution in [0.15, 0.2) is 73.6 Å². The van der Waals surface area contributed by atoms with Crippen molar-refractivity contribution in [2.24, 2.45) is 0 Å². The first-order valence-electron chi connectivity index (χ1n) is 8.07. The van der Waals surface area contributed by atoms with Gasteiger partial charge in [-0.1, -0.05) is 80.4 Å². The maximum atomic E-state index is 6.42. The number of anilines is 1. The monoisotopic (exact) mass is 345 g/mol. The van der Waals surface area contributed by atoms with Gasteiger partial charge in [0.2, 0.25) is 0 Å². The van der Waals surface area contributed by atoms with Gasteiger partial charge in [-0.3, -0.25) is 0 Å². The van der Waals surface area contributed by atoms with E-state index in [2.05, 4.69) is 48.0 Å². The largest absolute Gasteiger partial charge is 0.398 e. The van der Waals surface area contributed by atoms with E-state index >= 15 is 0 Å². The van der Waals surface area contributed by atoms with E-state index < -0.39 is 0 Å². The van der Waals surface area contributed by atoms with E-state index in [1.54, 1.807) is 6.08 Å². The molecule has 25 heavy (non-hydrogen) atoms. The van der Waals surface area contributed by atoms with Crippen LogP contribution in [0.3, 0.4) is 0 Å². The number of benzene rings is 2. The third-order valence-corrected chi connectivity index (χ3v) is 4.31. The zero-order valence-corrected chi connectivity index (χ0v) is 15.8. The molecule has 0 radical (unpaired) electrons. The van der Waals surface area contributed by atoms with Gasteiger partial charge in [-0.2, -0.15) is 0 Å². The first-order chi connectivity index (χ1) is 12.0. The summed E-state index contributed by atoms with van der Waals surface area (Å²) in [5.74, 6) is 0. The Bertz CT molecular complexity index is 881. The van der Waals surface area contributed by atoms with Crippen LogP contribution in [0, 0.1) is 0 Å². The lowest BCUT2D eigenvalue weighted by atomic mass is 9.87. The van der Waals surface area contributed by atoms with Gasteiger partial charge in [0, 0.05) is 11.3 Å². The molecule has 0 amide bonds. The molecule has 0 aliphatic rings. The highest BCUT2D eigenvalue weighted by molar-refractivity contribution is 7.23. The van der Waals surface area contributed by atoms with Crippen LogP contribution in [0.5, 0.6) is 0 Å². The number of allylic oxidation sites excluding steroid dienone is 3. The van der Waals surface area contributed by atoms with Crippen LogP contribution < -0.4 is 5.73 Å². The summed E-state index contributed by atoms with van der Waals surface area (Å²) in [5, 5.41) is 1.11. The molecule has 2 heteroatoms. The van der Waals surface area contributed by atoms with E-state index in [0.717, 1.165) is 44.4 Å². The lowest BCUT2D eigenvalue weighted by Crippen LogP contribution is -2.02. The van der Waals surface area contributed by atoms with Crippen LogP contribution in [0.1, 0.15) is 34.7 Å². The summed E-state index contributed by atoms with van der Waals surface area (Å²) in [6, 6.07) is 12.1. The molecule has 0 bridgehead atoms. The molecular formula is C23H24NP. The van der Waals surface area contributed by atoms with E-state index in [-0.39, 0.29) is 0 Å². The number of hydrogen-bond acceptors (Lipinski definition) is 1. The highest BCUT2D eigenvalue weighted by Crippen LogP contribution is 2.39. The third-order valence-electron chi connectivity index (χ3n) is 4.02. The first-order valence-corrected chi connectivity index (χ1v) is 8.65. The highest BCUT2D eigenvalue weighted by atomic mass is 31.0. The average molecular weight is 345 g/mol. The van der Waals surface area contributed by atoms with Crippen LogP contribution >= 0.6 is 9.24 Å². The molecule has 0 aromatic heterocycles.